The molecule has 9 heteroatoms. The first-order chi connectivity index (χ1) is 9.90. The van der Waals surface area contributed by atoms with Crippen LogP contribution in [0.3, 0.4) is 0 Å². The summed E-state index contributed by atoms with van der Waals surface area (Å²) >= 11 is 0. The topological polar surface area (TPSA) is 85.9 Å². The molecular formula is C12H13F2N5O2. The number of hydrogen-bond donors (Lipinski definition) is 1. The van der Waals surface area contributed by atoms with Gasteiger partial charge in [0.05, 0.1) is 16.8 Å². The summed E-state index contributed by atoms with van der Waals surface area (Å²) < 4.78 is 28.0. The minimum atomic E-state index is -1.34. The third-order valence-corrected chi connectivity index (χ3v) is 2.71. The van der Waals surface area contributed by atoms with E-state index in [1.165, 1.54) is 6.20 Å². The van der Waals surface area contributed by atoms with Crippen LogP contribution in [0.15, 0.2) is 18.3 Å². The maximum atomic E-state index is 13.8. The predicted octanol–water partition coefficient (Wildman–Crippen LogP) is 1.95. The lowest BCUT2D eigenvalue weighted by Gasteiger charge is -2.05. The first-order valence-corrected chi connectivity index (χ1v) is 6.17. The van der Waals surface area contributed by atoms with Crippen molar-refractivity contribution in [3.8, 4) is 5.69 Å². The Balaban J connectivity index is 2.42. The van der Waals surface area contributed by atoms with E-state index in [9.17, 15) is 18.9 Å². The van der Waals surface area contributed by atoms with E-state index in [1.807, 2.05) is 13.8 Å². The maximum absolute atomic E-state index is 13.8. The molecule has 2 aromatic rings. The van der Waals surface area contributed by atoms with Crippen LogP contribution in [0, 0.1) is 21.7 Å². The van der Waals surface area contributed by atoms with E-state index in [0.717, 1.165) is 10.7 Å². The third-order valence-electron chi connectivity index (χ3n) is 2.71. The van der Waals surface area contributed by atoms with Gasteiger partial charge in [-0.25, -0.2) is 13.5 Å². The van der Waals surface area contributed by atoms with Crippen molar-refractivity contribution in [3.05, 3.63) is 45.8 Å². The Bertz CT molecular complexity index is 672. The molecule has 2 rings (SSSR count). The average Bonchev–Trinajstić information content (AvgIpc) is 2.87. The highest BCUT2D eigenvalue weighted by Crippen LogP contribution is 2.26. The van der Waals surface area contributed by atoms with E-state index in [0.29, 0.717) is 18.3 Å². The summed E-state index contributed by atoms with van der Waals surface area (Å²) in [7, 11) is 0. The van der Waals surface area contributed by atoms with Gasteiger partial charge in [0.25, 0.3) is 5.69 Å². The van der Waals surface area contributed by atoms with Crippen molar-refractivity contribution in [1.82, 2.24) is 20.3 Å². The largest absolute Gasteiger partial charge is 0.309 e. The Hall–Kier alpha value is -2.42. The van der Waals surface area contributed by atoms with Gasteiger partial charge in [0.1, 0.15) is 0 Å². The highest BCUT2D eigenvalue weighted by Gasteiger charge is 2.24. The zero-order chi connectivity index (χ0) is 15.6. The Morgan fingerprint density at radius 1 is 1.43 bits per heavy atom. The fourth-order valence-corrected chi connectivity index (χ4v) is 1.69. The predicted molar refractivity (Wildman–Crippen MR) is 69.9 cm³/mol. The summed E-state index contributed by atoms with van der Waals surface area (Å²) in [5.41, 5.74) is -0.688. The van der Waals surface area contributed by atoms with Crippen LogP contribution in [0.2, 0.25) is 0 Å². The van der Waals surface area contributed by atoms with Gasteiger partial charge >= 0.3 is 0 Å². The van der Waals surface area contributed by atoms with E-state index in [4.69, 9.17) is 0 Å². The van der Waals surface area contributed by atoms with E-state index in [1.54, 1.807) is 0 Å². The number of nitro groups is 1. The highest BCUT2D eigenvalue weighted by molar-refractivity contribution is 5.53. The van der Waals surface area contributed by atoms with Crippen molar-refractivity contribution in [2.75, 3.05) is 0 Å². The number of nitrogens with one attached hydrogen (secondary N) is 1. The van der Waals surface area contributed by atoms with Gasteiger partial charge in [-0.15, -0.1) is 5.10 Å². The van der Waals surface area contributed by atoms with E-state index >= 15 is 0 Å². The second kappa shape index (κ2) is 5.92. The number of aromatic nitrogens is 3. The molecule has 0 spiro atoms. The zero-order valence-corrected chi connectivity index (χ0v) is 11.4. The minimum absolute atomic E-state index is 0.204. The van der Waals surface area contributed by atoms with Crippen molar-refractivity contribution in [2.24, 2.45) is 0 Å². The second-order valence-corrected chi connectivity index (χ2v) is 4.68. The molecule has 0 aliphatic heterocycles. The molecule has 0 saturated carbocycles. The van der Waals surface area contributed by atoms with Crippen LogP contribution in [-0.4, -0.2) is 26.0 Å². The van der Waals surface area contributed by atoms with Gasteiger partial charge in [0, 0.05) is 18.7 Å². The van der Waals surface area contributed by atoms with Gasteiger partial charge in [0.15, 0.2) is 17.3 Å². The van der Waals surface area contributed by atoms with Crippen molar-refractivity contribution in [3.63, 3.8) is 0 Å². The lowest BCUT2D eigenvalue weighted by Crippen LogP contribution is -2.21. The molecule has 0 fully saturated rings. The number of benzene rings is 1. The van der Waals surface area contributed by atoms with Gasteiger partial charge in [-0.3, -0.25) is 10.1 Å². The van der Waals surface area contributed by atoms with Crippen molar-refractivity contribution in [1.29, 1.82) is 0 Å². The van der Waals surface area contributed by atoms with Crippen molar-refractivity contribution < 1.29 is 13.7 Å². The SMILES string of the molecule is CC(C)NCc1cn(-c2c([N+](=O)[O-])ccc(F)c2F)nn1. The van der Waals surface area contributed by atoms with Crippen LogP contribution in [0.1, 0.15) is 19.5 Å². The standard InChI is InChI=1S/C12H13F2N5O2/c1-7(2)15-5-8-6-18(17-16-8)12-10(19(20)21)4-3-9(13)11(12)14/h3-4,6-7,15H,5H2,1-2H3. The molecule has 0 aliphatic rings. The molecule has 0 amide bonds. The maximum Gasteiger partial charge on any atom is 0.298 e. The number of rotatable bonds is 5. The minimum Gasteiger partial charge on any atom is -0.309 e. The van der Waals surface area contributed by atoms with Crippen molar-refractivity contribution >= 4 is 5.69 Å². The van der Waals surface area contributed by atoms with Gasteiger partial charge in [0.2, 0.25) is 0 Å². The normalized spacial score (nSPS) is 11.1. The molecule has 0 unspecified atom stereocenters. The van der Waals surface area contributed by atoms with E-state index in [-0.39, 0.29) is 6.04 Å². The third kappa shape index (κ3) is 3.19. The summed E-state index contributed by atoms with van der Waals surface area (Å²) in [6.45, 7) is 4.23. The summed E-state index contributed by atoms with van der Waals surface area (Å²) in [5.74, 6) is -2.52. The average molecular weight is 297 g/mol. The molecule has 0 atom stereocenters. The summed E-state index contributed by atoms with van der Waals surface area (Å²) in [6.07, 6.45) is 1.32. The molecular weight excluding hydrogens is 284 g/mol. The zero-order valence-electron chi connectivity index (χ0n) is 11.4. The van der Waals surface area contributed by atoms with Gasteiger partial charge in [-0.05, 0) is 6.07 Å². The molecule has 21 heavy (non-hydrogen) atoms. The lowest BCUT2D eigenvalue weighted by atomic mass is 10.2. The molecule has 1 N–H and O–H groups in total. The quantitative estimate of drug-likeness (QED) is 0.673. The number of nitro benzene ring substituents is 1. The second-order valence-electron chi connectivity index (χ2n) is 4.68. The van der Waals surface area contributed by atoms with Crippen LogP contribution in [0.5, 0.6) is 0 Å². The molecule has 7 nitrogen and oxygen atoms in total. The van der Waals surface area contributed by atoms with Gasteiger partial charge in [-0.1, -0.05) is 19.1 Å². The monoisotopic (exact) mass is 297 g/mol. The van der Waals surface area contributed by atoms with Crippen LogP contribution in [0.4, 0.5) is 14.5 Å². The molecule has 1 heterocycles. The molecule has 0 radical (unpaired) electrons. The first-order valence-electron chi connectivity index (χ1n) is 6.17. The fraction of sp³-hybridized carbons (Fsp3) is 0.333. The van der Waals surface area contributed by atoms with Crippen LogP contribution < -0.4 is 5.32 Å². The summed E-state index contributed by atoms with van der Waals surface area (Å²) in [5, 5.41) is 21.4. The molecule has 0 saturated heterocycles. The first kappa shape index (κ1) is 15.0. The van der Waals surface area contributed by atoms with Gasteiger partial charge < -0.3 is 5.32 Å². The van der Waals surface area contributed by atoms with Crippen LogP contribution >= 0.6 is 0 Å². The van der Waals surface area contributed by atoms with Crippen molar-refractivity contribution in [2.45, 2.75) is 26.4 Å². The van der Waals surface area contributed by atoms with Crippen LogP contribution in [0.25, 0.3) is 5.69 Å². The summed E-state index contributed by atoms with van der Waals surface area (Å²) in [4.78, 5) is 10.1. The smallest absolute Gasteiger partial charge is 0.298 e. The fourth-order valence-electron chi connectivity index (χ4n) is 1.69. The molecule has 112 valence electrons. The number of nitrogens with zero attached hydrogens (tertiary/aromatic N) is 4. The van der Waals surface area contributed by atoms with E-state index < -0.39 is 27.9 Å². The molecule has 0 bridgehead atoms. The molecule has 1 aromatic carbocycles. The highest BCUT2D eigenvalue weighted by atomic mass is 19.2. The Labute approximate surface area is 118 Å². The van der Waals surface area contributed by atoms with Gasteiger partial charge in [-0.2, -0.15) is 0 Å². The Morgan fingerprint density at radius 2 is 2.14 bits per heavy atom. The molecule has 1 aromatic heterocycles. The summed E-state index contributed by atoms with van der Waals surface area (Å²) in [6, 6.07) is 1.80. The van der Waals surface area contributed by atoms with E-state index in [2.05, 4.69) is 15.6 Å². The molecule has 0 aliphatic carbocycles. The number of hydrogen-bond acceptors (Lipinski definition) is 5. The lowest BCUT2D eigenvalue weighted by molar-refractivity contribution is -0.384. The van der Waals surface area contributed by atoms with Crippen LogP contribution in [-0.2, 0) is 6.54 Å². The number of halogens is 2. The Kier molecular flexibility index (Phi) is 4.22. The Morgan fingerprint density at radius 3 is 2.76 bits per heavy atom.